The van der Waals surface area contributed by atoms with Crippen LogP contribution in [0.5, 0.6) is 0 Å². The van der Waals surface area contributed by atoms with Crippen LogP contribution in [0.2, 0.25) is 0 Å². The molecule has 0 unspecified atom stereocenters. The third-order valence-electron chi connectivity index (χ3n) is 3.83. The van der Waals surface area contributed by atoms with Crippen molar-refractivity contribution in [3.05, 3.63) is 35.5 Å². The molecule has 21 heavy (non-hydrogen) atoms. The van der Waals surface area contributed by atoms with Crippen LogP contribution in [0.15, 0.2) is 24.3 Å². The number of benzene rings is 1. The molecule has 0 saturated carbocycles. The maximum Gasteiger partial charge on any atom is 0.278 e. The van der Waals surface area contributed by atoms with Crippen molar-refractivity contribution in [1.82, 2.24) is 19.9 Å². The smallest absolute Gasteiger partial charge is 0.278 e. The molecule has 2 aromatic rings. The first-order valence-electron chi connectivity index (χ1n) is 7.24. The first-order chi connectivity index (χ1) is 10.2. The zero-order chi connectivity index (χ0) is 14.8. The van der Waals surface area contributed by atoms with Gasteiger partial charge in [-0.25, -0.2) is 0 Å². The molecule has 1 amide bonds. The van der Waals surface area contributed by atoms with Crippen LogP contribution in [0, 0.1) is 6.92 Å². The second-order valence-electron chi connectivity index (χ2n) is 5.42. The van der Waals surface area contributed by atoms with Gasteiger partial charge in [-0.05, 0) is 38.3 Å². The summed E-state index contributed by atoms with van der Waals surface area (Å²) in [6, 6.07) is 7.77. The Labute approximate surface area is 123 Å². The fourth-order valence-electron chi connectivity index (χ4n) is 2.56. The number of carbonyl (C=O) groups is 1. The fourth-order valence-corrected chi connectivity index (χ4v) is 2.56. The molecule has 1 fully saturated rings. The van der Waals surface area contributed by atoms with Crippen LogP contribution >= 0.6 is 0 Å². The zero-order valence-electron chi connectivity index (χ0n) is 12.1. The van der Waals surface area contributed by atoms with Crippen molar-refractivity contribution in [3.8, 4) is 5.69 Å². The molecule has 110 valence electrons. The molecule has 0 atom stereocenters. The van der Waals surface area contributed by atoms with E-state index in [2.05, 4.69) is 10.3 Å². The molecule has 1 saturated heterocycles. The van der Waals surface area contributed by atoms with Gasteiger partial charge in [0.1, 0.15) is 0 Å². The highest BCUT2D eigenvalue weighted by Gasteiger charge is 2.24. The quantitative estimate of drug-likeness (QED) is 0.912. The van der Waals surface area contributed by atoms with Crippen molar-refractivity contribution in [2.45, 2.75) is 26.2 Å². The van der Waals surface area contributed by atoms with Crippen molar-refractivity contribution in [3.63, 3.8) is 0 Å². The molecular weight excluding hydrogens is 266 g/mol. The van der Waals surface area contributed by atoms with E-state index in [9.17, 15) is 4.79 Å². The summed E-state index contributed by atoms with van der Waals surface area (Å²) < 4.78 is 1.51. The lowest BCUT2D eigenvalue weighted by atomic mass is 10.1. The summed E-state index contributed by atoms with van der Waals surface area (Å²) in [6.07, 6.45) is 3.25. The second kappa shape index (κ2) is 5.55. The van der Waals surface area contributed by atoms with Crippen LogP contribution in [0.1, 0.15) is 35.3 Å². The highest BCUT2D eigenvalue weighted by Crippen LogP contribution is 2.19. The number of hydrogen-bond acceptors (Lipinski definition) is 4. The minimum absolute atomic E-state index is 0.120. The molecule has 6 heteroatoms. The van der Waals surface area contributed by atoms with E-state index in [0.717, 1.165) is 37.2 Å². The standard InChI is InChI=1S/C15H19N5O/c1-11-5-7-12(8-6-11)20-14(16)13(17-18-20)15(21)19-9-3-2-4-10-19/h5-8H,2-4,9-10,16H2,1H3. The van der Waals surface area contributed by atoms with Gasteiger partial charge in [-0.15, -0.1) is 5.10 Å². The number of anilines is 1. The lowest BCUT2D eigenvalue weighted by Gasteiger charge is -2.25. The predicted molar refractivity (Wildman–Crippen MR) is 80.3 cm³/mol. The Morgan fingerprint density at radius 3 is 2.48 bits per heavy atom. The molecule has 2 heterocycles. The Kier molecular flexibility index (Phi) is 3.60. The number of aryl methyl sites for hydroxylation is 1. The maximum absolute atomic E-state index is 12.4. The molecule has 1 aliphatic heterocycles. The monoisotopic (exact) mass is 285 g/mol. The third kappa shape index (κ3) is 2.61. The normalized spacial score (nSPS) is 15.2. The number of likely N-dealkylation sites (tertiary alicyclic amines) is 1. The minimum atomic E-state index is -0.120. The number of aromatic nitrogens is 3. The molecular formula is C15H19N5O. The van der Waals surface area contributed by atoms with E-state index in [1.165, 1.54) is 11.1 Å². The average molecular weight is 285 g/mol. The Bertz CT molecular complexity index is 641. The summed E-state index contributed by atoms with van der Waals surface area (Å²) in [6.45, 7) is 3.56. The molecule has 3 rings (SSSR count). The van der Waals surface area contributed by atoms with Crippen LogP contribution in [-0.4, -0.2) is 38.9 Å². The molecule has 0 bridgehead atoms. The SMILES string of the molecule is Cc1ccc(-n2nnc(C(=O)N3CCCCC3)c2N)cc1. The number of hydrogen-bond donors (Lipinski definition) is 1. The van der Waals surface area contributed by atoms with Crippen LogP contribution in [0.3, 0.4) is 0 Å². The zero-order valence-corrected chi connectivity index (χ0v) is 12.1. The van der Waals surface area contributed by atoms with Gasteiger partial charge in [0.2, 0.25) is 0 Å². The average Bonchev–Trinajstić information content (AvgIpc) is 2.90. The van der Waals surface area contributed by atoms with E-state index in [-0.39, 0.29) is 11.6 Å². The number of rotatable bonds is 2. The summed E-state index contributed by atoms with van der Waals surface area (Å²) in [5.41, 5.74) is 8.28. The fraction of sp³-hybridized carbons (Fsp3) is 0.400. The van der Waals surface area contributed by atoms with Crippen LogP contribution in [0.4, 0.5) is 5.82 Å². The Hall–Kier alpha value is -2.37. The molecule has 1 aromatic carbocycles. The van der Waals surface area contributed by atoms with Gasteiger partial charge in [-0.1, -0.05) is 22.9 Å². The van der Waals surface area contributed by atoms with Crippen molar-refractivity contribution in [2.24, 2.45) is 0 Å². The Morgan fingerprint density at radius 2 is 1.81 bits per heavy atom. The van der Waals surface area contributed by atoms with Crippen molar-refractivity contribution >= 4 is 11.7 Å². The van der Waals surface area contributed by atoms with Crippen molar-refractivity contribution in [1.29, 1.82) is 0 Å². The van der Waals surface area contributed by atoms with Gasteiger partial charge in [-0.3, -0.25) is 4.79 Å². The first kappa shape index (κ1) is 13.6. The molecule has 1 aliphatic rings. The Morgan fingerprint density at radius 1 is 1.14 bits per heavy atom. The highest BCUT2D eigenvalue weighted by molar-refractivity contribution is 5.96. The van der Waals surface area contributed by atoms with Gasteiger partial charge in [-0.2, -0.15) is 4.68 Å². The van der Waals surface area contributed by atoms with Gasteiger partial charge < -0.3 is 10.6 Å². The summed E-state index contributed by atoms with van der Waals surface area (Å²) in [5.74, 6) is 0.181. The van der Waals surface area contributed by atoms with Crippen LogP contribution in [0.25, 0.3) is 5.69 Å². The lowest BCUT2D eigenvalue weighted by molar-refractivity contribution is 0.0719. The van der Waals surface area contributed by atoms with Gasteiger partial charge in [0.25, 0.3) is 5.91 Å². The summed E-state index contributed by atoms with van der Waals surface area (Å²) >= 11 is 0. The van der Waals surface area contributed by atoms with E-state index in [1.54, 1.807) is 0 Å². The molecule has 0 spiro atoms. The number of nitrogens with zero attached hydrogens (tertiary/aromatic N) is 4. The molecule has 1 aromatic heterocycles. The third-order valence-corrected chi connectivity index (χ3v) is 3.83. The van der Waals surface area contributed by atoms with Crippen molar-refractivity contribution in [2.75, 3.05) is 18.8 Å². The maximum atomic E-state index is 12.4. The minimum Gasteiger partial charge on any atom is -0.382 e. The topological polar surface area (TPSA) is 77.0 Å². The molecule has 2 N–H and O–H groups in total. The molecule has 0 radical (unpaired) electrons. The summed E-state index contributed by atoms with van der Waals surface area (Å²) in [4.78, 5) is 14.3. The van der Waals surface area contributed by atoms with Gasteiger partial charge in [0, 0.05) is 13.1 Å². The number of piperidine rings is 1. The van der Waals surface area contributed by atoms with Crippen molar-refractivity contribution < 1.29 is 4.79 Å². The summed E-state index contributed by atoms with van der Waals surface area (Å²) in [5, 5.41) is 8.01. The number of nitrogen functional groups attached to an aromatic ring is 1. The number of carbonyl (C=O) groups excluding carboxylic acids is 1. The first-order valence-corrected chi connectivity index (χ1v) is 7.24. The van der Waals surface area contributed by atoms with E-state index < -0.39 is 0 Å². The number of amides is 1. The molecule has 6 nitrogen and oxygen atoms in total. The van der Waals surface area contributed by atoms with Gasteiger partial charge in [0.15, 0.2) is 11.5 Å². The number of nitrogens with two attached hydrogens (primary N) is 1. The summed E-state index contributed by atoms with van der Waals surface area (Å²) in [7, 11) is 0. The largest absolute Gasteiger partial charge is 0.382 e. The van der Waals surface area contributed by atoms with E-state index >= 15 is 0 Å². The van der Waals surface area contributed by atoms with Crippen LogP contribution in [-0.2, 0) is 0 Å². The second-order valence-corrected chi connectivity index (χ2v) is 5.42. The predicted octanol–water partition coefficient (Wildman–Crippen LogP) is 1.78. The van der Waals surface area contributed by atoms with E-state index in [4.69, 9.17) is 5.73 Å². The van der Waals surface area contributed by atoms with E-state index in [1.807, 2.05) is 36.1 Å². The van der Waals surface area contributed by atoms with Crippen LogP contribution < -0.4 is 5.73 Å². The van der Waals surface area contributed by atoms with Gasteiger partial charge in [0.05, 0.1) is 5.69 Å². The van der Waals surface area contributed by atoms with E-state index in [0.29, 0.717) is 5.82 Å². The highest BCUT2D eigenvalue weighted by atomic mass is 16.2. The lowest BCUT2D eigenvalue weighted by Crippen LogP contribution is -2.36. The molecule has 0 aliphatic carbocycles. The Balaban J connectivity index is 1.88. The van der Waals surface area contributed by atoms with Gasteiger partial charge >= 0.3 is 0 Å².